The Labute approximate surface area is 99.4 Å². The van der Waals surface area contributed by atoms with Gasteiger partial charge in [-0.1, -0.05) is 53.4 Å². The van der Waals surface area contributed by atoms with E-state index < -0.39 is 5.97 Å². The molecule has 0 saturated heterocycles. The van der Waals surface area contributed by atoms with Gasteiger partial charge in [-0.15, -0.1) is 0 Å². The Balaban J connectivity index is 2.87. The molecule has 0 bridgehead atoms. The molecule has 1 fully saturated rings. The van der Waals surface area contributed by atoms with Gasteiger partial charge in [-0.05, 0) is 23.7 Å². The lowest BCUT2D eigenvalue weighted by molar-refractivity contribution is -0.150. The normalized spacial score (nSPS) is 28.8. The van der Waals surface area contributed by atoms with Crippen LogP contribution in [0.5, 0.6) is 0 Å². The largest absolute Gasteiger partial charge is 0.481 e. The molecule has 0 aromatic carbocycles. The number of carboxylic acids is 1. The quantitative estimate of drug-likeness (QED) is 0.791. The van der Waals surface area contributed by atoms with Crippen LogP contribution in [0.4, 0.5) is 0 Å². The van der Waals surface area contributed by atoms with Gasteiger partial charge < -0.3 is 5.11 Å². The van der Waals surface area contributed by atoms with Crippen LogP contribution in [0, 0.1) is 23.2 Å². The van der Waals surface area contributed by atoms with E-state index in [1.165, 1.54) is 19.3 Å². The summed E-state index contributed by atoms with van der Waals surface area (Å²) >= 11 is 0. The highest BCUT2D eigenvalue weighted by Gasteiger charge is 2.41. The van der Waals surface area contributed by atoms with Crippen molar-refractivity contribution in [1.82, 2.24) is 0 Å². The van der Waals surface area contributed by atoms with Crippen molar-refractivity contribution >= 4 is 5.97 Å². The molecule has 1 saturated carbocycles. The molecule has 0 aliphatic heterocycles. The average Bonchev–Trinajstić information content (AvgIpc) is 2.15. The van der Waals surface area contributed by atoms with Crippen LogP contribution >= 0.6 is 0 Å². The topological polar surface area (TPSA) is 37.3 Å². The highest BCUT2D eigenvalue weighted by Crippen LogP contribution is 2.44. The molecule has 0 amide bonds. The van der Waals surface area contributed by atoms with Crippen LogP contribution in [-0.4, -0.2) is 11.1 Å². The third kappa shape index (κ3) is 2.99. The number of carbonyl (C=O) groups is 1. The molecule has 0 heterocycles. The maximum Gasteiger partial charge on any atom is 0.307 e. The summed E-state index contributed by atoms with van der Waals surface area (Å²) < 4.78 is 0. The molecular weight excluding hydrogens is 200 g/mol. The second kappa shape index (κ2) is 5.20. The van der Waals surface area contributed by atoms with E-state index in [1.807, 2.05) is 0 Å². The minimum Gasteiger partial charge on any atom is -0.481 e. The Morgan fingerprint density at radius 2 is 1.88 bits per heavy atom. The Morgan fingerprint density at radius 3 is 2.31 bits per heavy atom. The molecule has 1 rings (SSSR count). The summed E-state index contributed by atoms with van der Waals surface area (Å²) in [6, 6.07) is 0. The zero-order valence-electron chi connectivity index (χ0n) is 11.1. The van der Waals surface area contributed by atoms with E-state index >= 15 is 0 Å². The molecule has 94 valence electrons. The fraction of sp³-hybridized carbons (Fsp3) is 0.929. The lowest BCUT2D eigenvalue weighted by Gasteiger charge is -2.40. The monoisotopic (exact) mass is 226 g/mol. The highest BCUT2D eigenvalue weighted by atomic mass is 16.4. The Kier molecular flexibility index (Phi) is 4.40. The third-order valence-corrected chi connectivity index (χ3v) is 4.12. The molecule has 3 unspecified atom stereocenters. The standard InChI is InChI=1S/C14H26O2/c1-5-10-8-6-7-9-11(10)12(13(15)16)14(2,3)4/h10-12H,5-9H2,1-4H3,(H,15,16). The summed E-state index contributed by atoms with van der Waals surface area (Å²) in [7, 11) is 0. The van der Waals surface area contributed by atoms with Crippen LogP contribution in [0.3, 0.4) is 0 Å². The van der Waals surface area contributed by atoms with Crippen molar-refractivity contribution < 1.29 is 9.90 Å². The molecule has 2 nitrogen and oxygen atoms in total. The molecule has 1 N–H and O–H groups in total. The predicted molar refractivity (Wildman–Crippen MR) is 66.3 cm³/mol. The van der Waals surface area contributed by atoms with Gasteiger partial charge in [0.1, 0.15) is 0 Å². The minimum atomic E-state index is -0.599. The Bertz CT molecular complexity index is 240. The number of hydrogen-bond acceptors (Lipinski definition) is 1. The average molecular weight is 226 g/mol. The van der Waals surface area contributed by atoms with Crippen molar-refractivity contribution in [2.45, 2.75) is 59.8 Å². The maximum absolute atomic E-state index is 11.5. The lowest BCUT2D eigenvalue weighted by atomic mass is 9.63. The van der Waals surface area contributed by atoms with Crippen molar-refractivity contribution in [2.24, 2.45) is 23.2 Å². The second-order valence-corrected chi connectivity index (χ2v) is 6.30. The van der Waals surface area contributed by atoms with Crippen LogP contribution in [0.15, 0.2) is 0 Å². The second-order valence-electron chi connectivity index (χ2n) is 6.30. The molecule has 16 heavy (non-hydrogen) atoms. The molecule has 0 radical (unpaired) electrons. The first-order valence-corrected chi connectivity index (χ1v) is 6.60. The van der Waals surface area contributed by atoms with Crippen LogP contribution in [0.25, 0.3) is 0 Å². The van der Waals surface area contributed by atoms with E-state index in [0.29, 0.717) is 11.8 Å². The van der Waals surface area contributed by atoms with Crippen molar-refractivity contribution in [3.63, 3.8) is 0 Å². The van der Waals surface area contributed by atoms with Gasteiger partial charge in [0.2, 0.25) is 0 Å². The van der Waals surface area contributed by atoms with Crippen molar-refractivity contribution in [3.05, 3.63) is 0 Å². The van der Waals surface area contributed by atoms with Gasteiger partial charge in [0, 0.05) is 0 Å². The minimum absolute atomic E-state index is 0.124. The first-order valence-electron chi connectivity index (χ1n) is 6.60. The first-order chi connectivity index (χ1) is 7.38. The van der Waals surface area contributed by atoms with E-state index in [0.717, 1.165) is 12.8 Å². The summed E-state index contributed by atoms with van der Waals surface area (Å²) in [5.74, 6) is 0.223. The van der Waals surface area contributed by atoms with E-state index in [9.17, 15) is 9.90 Å². The first kappa shape index (κ1) is 13.5. The Morgan fingerprint density at radius 1 is 1.31 bits per heavy atom. The van der Waals surface area contributed by atoms with Crippen molar-refractivity contribution in [2.75, 3.05) is 0 Å². The van der Waals surface area contributed by atoms with E-state index in [1.54, 1.807) is 0 Å². The molecule has 3 atom stereocenters. The number of hydrogen-bond donors (Lipinski definition) is 1. The highest BCUT2D eigenvalue weighted by molar-refractivity contribution is 5.71. The summed E-state index contributed by atoms with van der Waals surface area (Å²) in [6.45, 7) is 8.39. The van der Waals surface area contributed by atoms with Crippen molar-refractivity contribution in [1.29, 1.82) is 0 Å². The van der Waals surface area contributed by atoms with Crippen LogP contribution < -0.4 is 0 Å². The zero-order valence-corrected chi connectivity index (χ0v) is 11.1. The van der Waals surface area contributed by atoms with Gasteiger partial charge in [-0.2, -0.15) is 0 Å². The number of aliphatic carboxylic acids is 1. The molecular formula is C14H26O2. The van der Waals surface area contributed by atoms with Gasteiger partial charge >= 0.3 is 5.97 Å². The van der Waals surface area contributed by atoms with E-state index in [4.69, 9.17) is 0 Å². The number of carboxylic acid groups (broad SMARTS) is 1. The van der Waals surface area contributed by atoms with E-state index in [2.05, 4.69) is 27.7 Å². The fourth-order valence-corrected chi connectivity index (χ4v) is 3.38. The van der Waals surface area contributed by atoms with Gasteiger partial charge in [-0.3, -0.25) is 4.79 Å². The molecule has 0 spiro atoms. The molecule has 2 heteroatoms. The summed E-state index contributed by atoms with van der Waals surface area (Å²) in [4.78, 5) is 11.5. The van der Waals surface area contributed by atoms with Gasteiger partial charge in [0.15, 0.2) is 0 Å². The molecule has 1 aliphatic carbocycles. The fourth-order valence-electron chi connectivity index (χ4n) is 3.38. The van der Waals surface area contributed by atoms with Crippen molar-refractivity contribution in [3.8, 4) is 0 Å². The lowest BCUT2D eigenvalue weighted by Crippen LogP contribution is -2.39. The van der Waals surface area contributed by atoms with Crippen LogP contribution in [0.1, 0.15) is 59.8 Å². The van der Waals surface area contributed by atoms with Gasteiger partial charge in [0.05, 0.1) is 5.92 Å². The summed E-state index contributed by atoms with van der Waals surface area (Å²) in [5, 5.41) is 9.47. The smallest absolute Gasteiger partial charge is 0.307 e. The van der Waals surface area contributed by atoms with Crippen LogP contribution in [-0.2, 0) is 4.79 Å². The molecule has 1 aliphatic rings. The van der Waals surface area contributed by atoms with Gasteiger partial charge in [-0.25, -0.2) is 0 Å². The SMILES string of the molecule is CCC1CCCCC1C(C(=O)O)C(C)(C)C. The van der Waals surface area contributed by atoms with Gasteiger partial charge in [0.25, 0.3) is 0 Å². The summed E-state index contributed by atoms with van der Waals surface area (Å²) in [6.07, 6.45) is 5.95. The maximum atomic E-state index is 11.5. The Hall–Kier alpha value is -0.530. The number of rotatable bonds is 3. The molecule has 0 aromatic rings. The van der Waals surface area contributed by atoms with E-state index in [-0.39, 0.29) is 11.3 Å². The summed E-state index contributed by atoms with van der Waals surface area (Å²) in [5.41, 5.74) is -0.124. The third-order valence-electron chi connectivity index (χ3n) is 4.12. The predicted octanol–water partition coefficient (Wildman–Crippen LogP) is 3.95. The zero-order chi connectivity index (χ0) is 12.3. The molecule has 0 aromatic heterocycles. The van der Waals surface area contributed by atoms with Crippen LogP contribution in [0.2, 0.25) is 0 Å².